The molecule has 1 aromatic carbocycles. The van der Waals surface area contributed by atoms with Crippen LogP contribution in [-0.2, 0) is 42.9 Å². The molecule has 1 aliphatic heterocycles. The summed E-state index contributed by atoms with van der Waals surface area (Å²) in [5.41, 5.74) is 1.19. The number of ether oxygens (including phenoxy) is 2. The molecule has 0 aliphatic carbocycles. The van der Waals surface area contributed by atoms with Crippen molar-refractivity contribution < 1.29 is 42.9 Å². The van der Waals surface area contributed by atoms with Gasteiger partial charge in [-0.25, -0.2) is 0 Å². The number of nitrogens with zero attached hydrogens (tertiary/aromatic N) is 1. The van der Waals surface area contributed by atoms with Gasteiger partial charge in [0.05, 0.1) is 6.10 Å². The molecule has 3 atom stereocenters. The Morgan fingerprint density at radius 1 is 1.40 bits per heavy atom. The average molecular weight is 440 g/mol. The van der Waals surface area contributed by atoms with Crippen LogP contribution >= 0.6 is 13.6 Å². The molecule has 0 N–H and O–H groups in total. The first-order chi connectivity index (χ1) is 9.31. The molecule has 6 heteroatoms. The number of hydrogen-bond acceptors (Lipinski definition) is 3. The molecule has 1 unspecified atom stereocenters. The third-order valence-corrected chi connectivity index (χ3v) is 2.70. The standard InChI is InChI=1S/C13H17O2.CN.BrH.Cu.Zn/c1-3-14-12-9-10(2)13(15-12)11-7-5-4-6-8-11;1-2;;;/h4-8,10,12-13H,2-3,9H2,1H3;;1H;;/q2*-1;;+1;+2/p-1/t10-,12?,13-;;;;/m1..../s1. The van der Waals surface area contributed by atoms with E-state index in [1.165, 1.54) is 21.9 Å². The van der Waals surface area contributed by atoms with E-state index in [1.54, 1.807) is 0 Å². The molecule has 1 aromatic rings. The first-order valence-corrected chi connectivity index (χ1v) is 12.9. The van der Waals surface area contributed by atoms with E-state index < -0.39 is 0 Å². The molecule has 0 spiro atoms. The van der Waals surface area contributed by atoms with Crippen molar-refractivity contribution in [1.29, 1.82) is 5.26 Å². The Hall–Kier alpha value is 0.253. The Labute approximate surface area is 148 Å². The summed E-state index contributed by atoms with van der Waals surface area (Å²) >= 11 is 4.25. The molecule has 0 bridgehead atoms. The predicted molar refractivity (Wildman–Crippen MR) is 73.0 cm³/mol. The van der Waals surface area contributed by atoms with Crippen LogP contribution < -0.4 is 0 Å². The zero-order valence-corrected chi connectivity index (χ0v) is 16.9. The second-order valence-corrected chi connectivity index (χ2v) is 3.85. The third kappa shape index (κ3) is 7.32. The Morgan fingerprint density at radius 2 is 1.95 bits per heavy atom. The zero-order chi connectivity index (χ0) is 14.7. The van der Waals surface area contributed by atoms with Gasteiger partial charge >= 0.3 is 47.0 Å². The van der Waals surface area contributed by atoms with Gasteiger partial charge < -0.3 is 28.2 Å². The van der Waals surface area contributed by atoms with Crippen LogP contribution in [0.3, 0.4) is 0 Å². The van der Waals surface area contributed by atoms with E-state index in [0.29, 0.717) is 6.61 Å². The minimum absolute atomic E-state index is 0. The van der Waals surface area contributed by atoms with Gasteiger partial charge in [0.2, 0.25) is 0 Å². The Bertz CT molecular complexity index is 354. The van der Waals surface area contributed by atoms with Crippen LogP contribution in [0.5, 0.6) is 0 Å². The van der Waals surface area contributed by atoms with Gasteiger partial charge in [0.15, 0.2) is 6.29 Å². The summed E-state index contributed by atoms with van der Waals surface area (Å²) in [6.45, 7) is 11.5. The molecule has 1 fully saturated rings. The Kier molecular flexibility index (Phi) is 16.0. The maximum absolute atomic E-state index is 6.25. The van der Waals surface area contributed by atoms with E-state index in [9.17, 15) is 0 Å². The van der Waals surface area contributed by atoms with Crippen LogP contribution in [-0.4, -0.2) is 12.9 Å². The second-order valence-electron chi connectivity index (χ2n) is 3.85. The molecule has 0 amide bonds. The average Bonchev–Trinajstić information content (AvgIpc) is 2.85. The van der Waals surface area contributed by atoms with E-state index in [1.807, 2.05) is 25.1 Å². The van der Waals surface area contributed by atoms with Crippen molar-refractivity contribution in [1.82, 2.24) is 0 Å². The second kappa shape index (κ2) is 14.2. The quantitative estimate of drug-likeness (QED) is 0.529. The molecule has 0 saturated carbocycles. The van der Waals surface area contributed by atoms with Gasteiger partial charge in [0, 0.05) is 6.61 Å². The summed E-state index contributed by atoms with van der Waals surface area (Å²) in [6.07, 6.45) is 0.887. The molecular formula is C14H17BrCuNO2Zn. The summed E-state index contributed by atoms with van der Waals surface area (Å²) in [5.74, 6) is 0.281. The SMILES string of the molecule is [C-]#N.[CH2-][C@@H]1CC(OCC)O[C@H]1c1ccccc1.[Cu+].[Zn+][Br]. The van der Waals surface area contributed by atoms with E-state index in [4.69, 9.17) is 21.3 Å². The maximum atomic E-state index is 6.25. The summed E-state index contributed by atoms with van der Waals surface area (Å²) in [7, 11) is 0. The fourth-order valence-electron chi connectivity index (χ4n) is 1.99. The summed E-state index contributed by atoms with van der Waals surface area (Å²) in [5, 5.41) is 6.25. The summed E-state index contributed by atoms with van der Waals surface area (Å²) in [6, 6.07) is 10.2. The van der Waals surface area contributed by atoms with Crippen molar-refractivity contribution in [3.8, 4) is 0 Å². The summed E-state index contributed by atoms with van der Waals surface area (Å²) < 4.78 is 11.3. The molecule has 1 saturated heterocycles. The minimum atomic E-state index is -0.0808. The topological polar surface area (TPSA) is 42.2 Å². The van der Waals surface area contributed by atoms with E-state index in [-0.39, 0.29) is 35.4 Å². The van der Waals surface area contributed by atoms with Gasteiger partial charge in [-0.1, -0.05) is 30.3 Å². The van der Waals surface area contributed by atoms with Crippen LogP contribution in [0, 0.1) is 24.7 Å². The molecule has 0 radical (unpaired) electrons. The third-order valence-electron chi connectivity index (χ3n) is 2.70. The molecule has 3 nitrogen and oxygen atoms in total. The fraction of sp³-hybridized carbons (Fsp3) is 0.429. The van der Waals surface area contributed by atoms with Crippen molar-refractivity contribution in [3.63, 3.8) is 0 Å². The van der Waals surface area contributed by atoms with E-state index in [2.05, 4.69) is 32.7 Å². The fourth-order valence-corrected chi connectivity index (χ4v) is 1.99. The molecule has 110 valence electrons. The molecule has 0 aromatic heterocycles. The van der Waals surface area contributed by atoms with Crippen LogP contribution in [0.15, 0.2) is 30.3 Å². The number of benzene rings is 1. The van der Waals surface area contributed by atoms with Crippen molar-refractivity contribution >= 4 is 13.6 Å². The monoisotopic (exact) mass is 437 g/mol. The molecule has 1 aliphatic rings. The predicted octanol–water partition coefficient (Wildman–Crippen LogP) is 3.90. The molecular weight excluding hydrogens is 423 g/mol. The van der Waals surface area contributed by atoms with Gasteiger partial charge in [-0.15, -0.1) is 5.92 Å². The first kappa shape index (κ1) is 22.5. The van der Waals surface area contributed by atoms with Gasteiger partial charge in [0.25, 0.3) is 0 Å². The van der Waals surface area contributed by atoms with Crippen LogP contribution in [0.25, 0.3) is 0 Å². The van der Waals surface area contributed by atoms with Gasteiger partial charge in [-0.2, -0.15) is 0 Å². The molecule has 20 heavy (non-hydrogen) atoms. The van der Waals surface area contributed by atoms with Crippen molar-refractivity contribution in [3.05, 3.63) is 49.4 Å². The normalized spacial score (nSPS) is 23.4. The summed E-state index contributed by atoms with van der Waals surface area (Å²) in [4.78, 5) is 0. The van der Waals surface area contributed by atoms with Crippen molar-refractivity contribution in [2.45, 2.75) is 25.7 Å². The molecule has 1 heterocycles. The van der Waals surface area contributed by atoms with Gasteiger partial charge in [-0.3, -0.25) is 0 Å². The number of hydrogen-bond donors (Lipinski definition) is 0. The van der Waals surface area contributed by atoms with E-state index >= 15 is 0 Å². The number of rotatable bonds is 3. The van der Waals surface area contributed by atoms with E-state index in [0.717, 1.165) is 6.42 Å². The Morgan fingerprint density at radius 3 is 2.45 bits per heavy atom. The number of halogens is 1. The Balaban J connectivity index is 0. The van der Waals surface area contributed by atoms with Gasteiger partial charge in [0.1, 0.15) is 0 Å². The van der Waals surface area contributed by atoms with Gasteiger partial charge in [-0.05, 0) is 18.9 Å². The molecule has 2 rings (SSSR count). The van der Waals surface area contributed by atoms with Crippen LogP contribution in [0.4, 0.5) is 0 Å². The zero-order valence-electron chi connectivity index (χ0n) is 11.4. The van der Waals surface area contributed by atoms with Crippen LogP contribution in [0.1, 0.15) is 25.0 Å². The van der Waals surface area contributed by atoms with Crippen molar-refractivity contribution in [2.75, 3.05) is 6.61 Å². The van der Waals surface area contributed by atoms with Crippen LogP contribution in [0.2, 0.25) is 0 Å². The first-order valence-electron chi connectivity index (χ1n) is 5.95. The van der Waals surface area contributed by atoms with Crippen molar-refractivity contribution in [2.24, 2.45) is 5.92 Å².